The lowest BCUT2D eigenvalue weighted by Crippen LogP contribution is -2.50. The second-order valence-electron chi connectivity index (χ2n) is 6.01. The van der Waals surface area contributed by atoms with Crippen molar-refractivity contribution in [2.24, 2.45) is 0 Å². The Labute approximate surface area is 129 Å². The first kappa shape index (κ1) is 14.9. The second-order valence-corrected chi connectivity index (χ2v) is 6.01. The van der Waals surface area contributed by atoms with Gasteiger partial charge in [0.25, 0.3) is 0 Å². The summed E-state index contributed by atoms with van der Waals surface area (Å²) in [4.78, 5) is 26.2. The van der Waals surface area contributed by atoms with E-state index in [1.807, 2.05) is 13.0 Å². The summed E-state index contributed by atoms with van der Waals surface area (Å²) in [6.45, 7) is 3.22. The van der Waals surface area contributed by atoms with Gasteiger partial charge < -0.3 is 20.1 Å². The van der Waals surface area contributed by atoms with E-state index < -0.39 is 6.04 Å². The van der Waals surface area contributed by atoms with Gasteiger partial charge in [-0.2, -0.15) is 0 Å². The highest BCUT2D eigenvalue weighted by molar-refractivity contribution is 5.87. The van der Waals surface area contributed by atoms with Gasteiger partial charge in [-0.1, -0.05) is 5.16 Å². The Hall–Kier alpha value is -2.05. The van der Waals surface area contributed by atoms with E-state index in [4.69, 9.17) is 4.52 Å². The third kappa shape index (κ3) is 3.08. The monoisotopic (exact) mass is 306 g/mol. The molecule has 0 spiro atoms. The molecule has 3 heterocycles. The first-order valence-corrected chi connectivity index (χ1v) is 7.93. The van der Waals surface area contributed by atoms with Crippen LogP contribution in [0.5, 0.6) is 0 Å². The summed E-state index contributed by atoms with van der Waals surface area (Å²) in [5.41, 5.74) is 0.811. The maximum atomic E-state index is 12.5. The Kier molecular flexibility index (Phi) is 4.31. The first-order valence-electron chi connectivity index (χ1n) is 7.93. The van der Waals surface area contributed by atoms with Crippen LogP contribution in [0.15, 0.2) is 10.6 Å². The molecular formula is C15H22N4O3. The van der Waals surface area contributed by atoms with Crippen LogP contribution in [0.4, 0.5) is 4.79 Å². The van der Waals surface area contributed by atoms with Crippen molar-refractivity contribution in [2.75, 3.05) is 13.1 Å². The van der Waals surface area contributed by atoms with Crippen LogP contribution < -0.4 is 10.6 Å². The van der Waals surface area contributed by atoms with Gasteiger partial charge in [0.1, 0.15) is 6.04 Å². The first-order chi connectivity index (χ1) is 10.6. The van der Waals surface area contributed by atoms with E-state index in [1.165, 1.54) is 0 Å². The van der Waals surface area contributed by atoms with Gasteiger partial charge in [-0.05, 0) is 39.0 Å². The van der Waals surface area contributed by atoms with Gasteiger partial charge in [-0.25, -0.2) is 4.79 Å². The number of aryl methyl sites for hydroxylation is 1. The van der Waals surface area contributed by atoms with Gasteiger partial charge >= 0.3 is 6.03 Å². The number of urea groups is 1. The minimum atomic E-state index is -0.437. The quantitative estimate of drug-likeness (QED) is 0.866. The third-order valence-corrected chi connectivity index (χ3v) is 4.32. The maximum absolute atomic E-state index is 12.5. The van der Waals surface area contributed by atoms with E-state index in [0.717, 1.165) is 37.1 Å². The van der Waals surface area contributed by atoms with Crippen LogP contribution in [-0.2, 0) is 4.79 Å². The summed E-state index contributed by atoms with van der Waals surface area (Å²) < 4.78 is 5.31. The summed E-state index contributed by atoms with van der Waals surface area (Å²) in [5, 5.41) is 9.60. The Morgan fingerprint density at radius 1 is 1.41 bits per heavy atom. The molecule has 0 bridgehead atoms. The number of hydrogen-bond acceptors (Lipinski definition) is 4. The zero-order valence-corrected chi connectivity index (χ0v) is 12.8. The van der Waals surface area contributed by atoms with Crippen LogP contribution in [-0.4, -0.2) is 41.1 Å². The number of likely N-dealkylation sites (tertiary alicyclic amines) is 1. The van der Waals surface area contributed by atoms with Crippen molar-refractivity contribution >= 4 is 11.9 Å². The molecule has 0 aromatic carbocycles. The van der Waals surface area contributed by atoms with Crippen LogP contribution in [0.3, 0.4) is 0 Å². The van der Waals surface area contributed by atoms with Crippen LogP contribution in [0.1, 0.15) is 49.6 Å². The van der Waals surface area contributed by atoms with E-state index in [2.05, 4.69) is 15.8 Å². The van der Waals surface area contributed by atoms with Crippen LogP contribution >= 0.6 is 0 Å². The molecule has 1 aromatic rings. The molecule has 22 heavy (non-hydrogen) atoms. The number of rotatable bonds is 2. The minimum absolute atomic E-state index is 0.0860. The standard InChI is InChI=1S/C15H22N4O3/c1-10-9-13(22-18-10)12-6-4-8-19(12)15(21)17-11-5-2-3-7-16-14(11)20/h9,11-12H,2-8H2,1H3,(H,16,20)(H,17,21)/t11-,12+/m1/s1. The number of carbonyl (C=O) groups excluding carboxylic acids is 2. The van der Waals surface area contributed by atoms with E-state index in [9.17, 15) is 9.59 Å². The summed E-state index contributed by atoms with van der Waals surface area (Å²) in [5.74, 6) is 0.632. The summed E-state index contributed by atoms with van der Waals surface area (Å²) >= 11 is 0. The van der Waals surface area contributed by atoms with Crippen molar-refractivity contribution in [2.45, 2.75) is 51.1 Å². The molecule has 2 aliphatic heterocycles. The van der Waals surface area contributed by atoms with E-state index >= 15 is 0 Å². The normalized spacial score (nSPS) is 25.7. The molecule has 0 radical (unpaired) electrons. The molecular weight excluding hydrogens is 284 g/mol. The smallest absolute Gasteiger partial charge is 0.318 e. The lowest BCUT2D eigenvalue weighted by molar-refractivity contribution is -0.122. The maximum Gasteiger partial charge on any atom is 0.318 e. The lowest BCUT2D eigenvalue weighted by Gasteiger charge is -2.25. The number of amides is 3. The average molecular weight is 306 g/mol. The number of nitrogens with zero attached hydrogens (tertiary/aromatic N) is 2. The van der Waals surface area contributed by atoms with E-state index in [-0.39, 0.29) is 18.0 Å². The molecule has 0 aliphatic carbocycles. The fraction of sp³-hybridized carbons (Fsp3) is 0.667. The zero-order valence-electron chi connectivity index (χ0n) is 12.8. The van der Waals surface area contributed by atoms with Crippen LogP contribution in [0, 0.1) is 6.92 Å². The van der Waals surface area contributed by atoms with Gasteiger partial charge in [0.05, 0.1) is 11.7 Å². The number of nitrogens with one attached hydrogen (secondary N) is 2. The van der Waals surface area contributed by atoms with Crippen molar-refractivity contribution < 1.29 is 14.1 Å². The third-order valence-electron chi connectivity index (χ3n) is 4.32. The summed E-state index contributed by atoms with van der Waals surface area (Å²) in [6, 6.07) is 1.15. The fourth-order valence-corrected chi connectivity index (χ4v) is 3.15. The lowest BCUT2D eigenvalue weighted by atomic mass is 10.1. The van der Waals surface area contributed by atoms with Crippen LogP contribution in [0.25, 0.3) is 0 Å². The number of hydrogen-bond donors (Lipinski definition) is 2. The van der Waals surface area contributed by atoms with Crippen molar-refractivity contribution in [1.82, 2.24) is 20.7 Å². The molecule has 2 N–H and O–H groups in total. The molecule has 3 amide bonds. The van der Waals surface area contributed by atoms with Gasteiger partial charge in [-0.15, -0.1) is 0 Å². The minimum Gasteiger partial charge on any atom is -0.359 e. The van der Waals surface area contributed by atoms with Crippen molar-refractivity contribution in [3.8, 4) is 0 Å². The Morgan fingerprint density at radius 2 is 2.27 bits per heavy atom. The fourth-order valence-electron chi connectivity index (χ4n) is 3.15. The highest BCUT2D eigenvalue weighted by Gasteiger charge is 2.34. The molecule has 0 saturated carbocycles. The second kappa shape index (κ2) is 6.37. The molecule has 2 aliphatic rings. The molecule has 120 valence electrons. The Morgan fingerprint density at radius 3 is 3.05 bits per heavy atom. The SMILES string of the molecule is Cc1cc([C@@H]2CCCN2C(=O)N[C@@H]2CCCCNC2=O)on1. The van der Waals surface area contributed by atoms with Gasteiger partial charge in [0, 0.05) is 19.2 Å². The predicted molar refractivity (Wildman–Crippen MR) is 79.1 cm³/mol. The number of carbonyl (C=O) groups is 2. The Bertz CT molecular complexity index is 557. The van der Waals surface area contributed by atoms with Gasteiger partial charge in [0.15, 0.2) is 5.76 Å². The summed E-state index contributed by atoms with van der Waals surface area (Å²) in [7, 11) is 0. The average Bonchev–Trinajstić information content (AvgIpc) is 3.09. The van der Waals surface area contributed by atoms with Gasteiger partial charge in [0.2, 0.25) is 5.91 Å². The topological polar surface area (TPSA) is 87.5 Å². The molecule has 3 rings (SSSR count). The predicted octanol–water partition coefficient (Wildman–Crippen LogP) is 1.50. The Balaban J connectivity index is 1.66. The number of aromatic nitrogens is 1. The van der Waals surface area contributed by atoms with E-state index in [0.29, 0.717) is 19.5 Å². The largest absolute Gasteiger partial charge is 0.359 e. The molecule has 2 saturated heterocycles. The molecule has 7 heteroatoms. The zero-order chi connectivity index (χ0) is 15.5. The molecule has 2 atom stereocenters. The molecule has 7 nitrogen and oxygen atoms in total. The summed E-state index contributed by atoms with van der Waals surface area (Å²) in [6.07, 6.45) is 4.38. The van der Waals surface area contributed by atoms with Crippen molar-refractivity contribution in [1.29, 1.82) is 0 Å². The van der Waals surface area contributed by atoms with E-state index in [1.54, 1.807) is 4.90 Å². The highest BCUT2D eigenvalue weighted by atomic mass is 16.5. The van der Waals surface area contributed by atoms with Crippen LogP contribution in [0.2, 0.25) is 0 Å². The highest BCUT2D eigenvalue weighted by Crippen LogP contribution is 2.32. The van der Waals surface area contributed by atoms with Crippen molar-refractivity contribution in [3.63, 3.8) is 0 Å². The molecule has 2 fully saturated rings. The van der Waals surface area contributed by atoms with Gasteiger partial charge in [-0.3, -0.25) is 4.79 Å². The van der Waals surface area contributed by atoms with Crippen molar-refractivity contribution in [3.05, 3.63) is 17.5 Å². The molecule has 1 aromatic heterocycles. The molecule has 0 unspecified atom stereocenters.